The molecule has 0 saturated carbocycles. The highest BCUT2D eigenvalue weighted by Crippen LogP contribution is 2.35. The van der Waals surface area contributed by atoms with Crippen molar-refractivity contribution < 1.29 is 0 Å². The van der Waals surface area contributed by atoms with Crippen LogP contribution in [0.5, 0.6) is 0 Å². The summed E-state index contributed by atoms with van der Waals surface area (Å²) in [5.41, 5.74) is 7.19. The molecule has 3 rings (SSSR count). The van der Waals surface area contributed by atoms with Gasteiger partial charge < -0.3 is 10.7 Å². The molecule has 0 saturated heterocycles. The highest BCUT2D eigenvalue weighted by atomic mass is 14.9. The molecular formula is C29H27N5. The molecule has 0 aliphatic carbocycles. The Morgan fingerprint density at radius 3 is 2.50 bits per heavy atom. The van der Waals surface area contributed by atoms with Crippen LogP contribution < -0.4 is 5.32 Å². The zero-order chi connectivity index (χ0) is 24.3. The number of aromatic nitrogens is 1. The van der Waals surface area contributed by atoms with E-state index in [9.17, 15) is 0 Å². The SMILES string of the molecule is C=C(NCc1ccccn1)c1c(/N=C(C)/C(C=N)=C/C=C(\C)C#N)cccc1-c1ccccc1. The van der Waals surface area contributed by atoms with Crippen molar-refractivity contribution in [2.45, 2.75) is 20.4 Å². The van der Waals surface area contributed by atoms with Gasteiger partial charge in [0.05, 0.1) is 24.0 Å². The first-order valence-electron chi connectivity index (χ1n) is 10.9. The lowest BCUT2D eigenvalue weighted by Crippen LogP contribution is -2.13. The average Bonchev–Trinajstić information content (AvgIpc) is 2.88. The lowest BCUT2D eigenvalue weighted by Gasteiger charge is -2.17. The summed E-state index contributed by atoms with van der Waals surface area (Å²) in [6.45, 7) is 8.44. The van der Waals surface area contributed by atoms with E-state index in [0.717, 1.165) is 33.8 Å². The standard InChI is InChI=1S/C29H27N5/c1-21(18-30)15-16-25(19-31)22(2)34-28-14-9-13-27(24-10-5-4-6-11-24)29(28)23(3)33-20-26-12-7-8-17-32-26/h4-17,19,31,33H,3,20H2,1-2H3/b21-15+,25-16+,31-19?,34-22+. The van der Waals surface area contributed by atoms with E-state index >= 15 is 0 Å². The fourth-order valence-corrected chi connectivity index (χ4v) is 3.37. The molecule has 2 N–H and O–H groups in total. The monoisotopic (exact) mass is 445 g/mol. The van der Waals surface area contributed by atoms with Gasteiger partial charge in [-0.3, -0.25) is 9.98 Å². The Hall–Kier alpha value is -4.56. The van der Waals surface area contributed by atoms with Gasteiger partial charge in [-0.2, -0.15) is 5.26 Å². The second-order valence-electron chi connectivity index (χ2n) is 7.64. The third kappa shape index (κ3) is 6.24. The van der Waals surface area contributed by atoms with Gasteiger partial charge in [0.25, 0.3) is 0 Å². The van der Waals surface area contributed by atoms with E-state index in [4.69, 9.17) is 15.7 Å². The Kier molecular flexibility index (Phi) is 8.42. The van der Waals surface area contributed by atoms with Crippen molar-refractivity contribution in [2.24, 2.45) is 4.99 Å². The maximum Gasteiger partial charge on any atom is 0.0944 e. The molecule has 0 bridgehead atoms. The zero-order valence-electron chi connectivity index (χ0n) is 19.4. The Labute approximate surface area is 201 Å². The maximum absolute atomic E-state index is 9.01. The second kappa shape index (κ2) is 11.9. The van der Waals surface area contributed by atoms with Gasteiger partial charge in [-0.1, -0.05) is 61.2 Å². The van der Waals surface area contributed by atoms with Crippen molar-refractivity contribution in [3.63, 3.8) is 0 Å². The summed E-state index contributed by atoms with van der Waals surface area (Å²) in [5, 5.41) is 20.2. The summed E-state index contributed by atoms with van der Waals surface area (Å²) in [7, 11) is 0. The van der Waals surface area contributed by atoms with E-state index in [1.165, 1.54) is 6.21 Å². The predicted octanol–water partition coefficient (Wildman–Crippen LogP) is 6.65. The molecule has 0 atom stereocenters. The van der Waals surface area contributed by atoms with Crippen LogP contribution in [0.4, 0.5) is 5.69 Å². The number of hydrogen-bond donors (Lipinski definition) is 2. The van der Waals surface area contributed by atoms with Gasteiger partial charge in [0, 0.05) is 40.5 Å². The lowest BCUT2D eigenvalue weighted by atomic mass is 9.96. The van der Waals surface area contributed by atoms with Gasteiger partial charge in [0.1, 0.15) is 0 Å². The number of nitriles is 1. The minimum Gasteiger partial charge on any atom is -0.379 e. The molecule has 3 aromatic rings. The molecule has 5 heteroatoms. The molecule has 0 spiro atoms. The van der Waals surface area contributed by atoms with Gasteiger partial charge in [-0.25, -0.2) is 0 Å². The zero-order valence-corrected chi connectivity index (χ0v) is 19.4. The van der Waals surface area contributed by atoms with Gasteiger partial charge in [-0.05, 0) is 49.2 Å². The Morgan fingerprint density at radius 2 is 1.82 bits per heavy atom. The van der Waals surface area contributed by atoms with Crippen LogP contribution in [-0.2, 0) is 6.54 Å². The number of hydrogen-bond acceptors (Lipinski definition) is 5. The first-order chi connectivity index (χ1) is 16.5. The molecule has 0 amide bonds. The van der Waals surface area contributed by atoms with Crippen molar-refractivity contribution in [3.05, 3.63) is 114 Å². The van der Waals surface area contributed by atoms with Gasteiger partial charge >= 0.3 is 0 Å². The summed E-state index contributed by atoms with van der Waals surface area (Å²) in [4.78, 5) is 9.24. The topological polar surface area (TPSA) is 84.9 Å². The molecule has 0 aliphatic rings. The third-order valence-corrected chi connectivity index (χ3v) is 5.19. The molecule has 0 unspecified atom stereocenters. The fourth-order valence-electron chi connectivity index (χ4n) is 3.37. The van der Waals surface area contributed by atoms with E-state index in [1.54, 1.807) is 25.3 Å². The minimum absolute atomic E-state index is 0.537. The van der Waals surface area contributed by atoms with Crippen LogP contribution in [0, 0.1) is 16.7 Å². The van der Waals surface area contributed by atoms with E-state index in [0.29, 0.717) is 23.4 Å². The Balaban J connectivity index is 2.06. The molecule has 34 heavy (non-hydrogen) atoms. The predicted molar refractivity (Wildman–Crippen MR) is 141 cm³/mol. The van der Waals surface area contributed by atoms with Crippen molar-refractivity contribution in [1.29, 1.82) is 10.7 Å². The average molecular weight is 446 g/mol. The quantitative estimate of drug-likeness (QED) is 0.220. The van der Waals surface area contributed by atoms with Crippen LogP contribution in [0.2, 0.25) is 0 Å². The van der Waals surface area contributed by atoms with E-state index < -0.39 is 0 Å². The number of benzene rings is 2. The molecule has 5 nitrogen and oxygen atoms in total. The van der Waals surface area contributed by atoms with Crippen LogP contribution in [-0.4, -0.2) is 16.9 Å². The number of allylic oxidation sites excluding steroid dienone is 4. The summed E-state index contributed by atoms with van der Waals surface area (Å²) in [5.74, 6) is 0. The summed E-state index contributed by atoms with van der Waals surface area (Å²) in [6.07, 6.45) is 6.44. The van der Waals surface area contributed by atoms with Crippen LogP contribution in [0.3, 0.4) is 0 Å². The number of pyridine rings is 1. The van der Waals surface area contributed by atoms with E-state index in [-0.39, 0.29) is 0 Å². The molecule has 2 aromatic carbocycles. The highest BCUT2D eigenvalue weighted by molar-refractivity contribution is 6.15. The summed E-state index contributed by atoms with van der Waals surface area (Å²) >= 11 is 0. The van der Waals surface area contributed by atoms with Crippen molar-refractivity contribution in [1.82, 2.24) is 10.3 Å². The van der Waals surface area contributed by atoms with Gasteiger partial charge in [0.2, 0.25) is 0 Å². The molecule has 0 aliphatic heterocycles. The molecule has 0 radical (unpaired) electrons. The molecule has 168 valence electrons. The number of rotatable bonds is 9. The van der Waals surface area contributed by atoms with E-state index in [2.05, 4.69) is 41.1 Å². The molecule has 1 heterocycles. The van der Waals surface area contributed by atoms with Crippen molar-refractivity contribution in [2.75, 3.05) is 0 Å². The third-order valence-electron chi connectivity index (χ3n) is 5.19. The van der Waals surface area contributed by atoms with Crippen LogP contribution >= 0.6 is 0 Å². The maximum atomic E-state index is 9.01. The van der Waals surface area contributed by atoms with Crippen LogP contribution in [0.25, 0.3) is 16.8 Å². The summed E-state index contributed by atoms with van der Waals surface area (Å²) in [6, 6.07) is 24.0. The second-order valence-corrected chi connectivity index (χ2v) is 7.64. The Bertz CT molecular complexity index is 1290. The largest absolute Gasteiger partial charge is 0.379 e. The minimum atomic E-state index is 0.537. The Morgan fingerprint density at radius 1 is 1.06 bits per heavy atom. The smallest absolute Gasteiger partial charge is 0.0944 e. The highest BCUT2D eigenvalue weighted by Gasteiger charge is 2.14. The fraction of sp³-hybridized carbons (Fsp3) is 0.103. The molecular weight excluding hydrogens is 418 g/mol. The molecule has 1 aromatic heterocycles. The first kappa shape index (κ1) is 24.1. The van der Waals surface area contributed by atoms with Crippen molar-refractivity contribution in [3.8, 4) is 17.2 Å². The van der Waals surface area contributed by atoms with Gasteiger partial charge in [0.15, 0.2) is 0 Å². The van der Waals surface area contributed by atoms with Crippen LogP contribution in [0.1, 0.15) is 25.1 Å². The van der Waals surface area contributed by atoms with Crippen molar-refractivity contribution >= 4 is 23.3 Å². The number of aliphatic imine (C=N–C) groups is 1. The summed E-state index contributed by atoms with van der Waals surface area (Å²) < 4.78 is 0. The number of nitrogens with one attached hydrogen (secondary N) is 2. The lowest BCUT2D eigenvalue weighted by molar-refractivity contribution is 0.855. The number of nitrogens with zero attached hydrogens (tertiary/aromatic N) is 3. The first-order valence-corrected chi connectivity index (χ1v) is 10.9. The van der Waals surface area contributed by atoms with E-state index in [1.807, 2.05) is 55.5 Å². The molecule has 0 fully saturated rings. The van der Waals surface area contributed by atoms with Gasteiger partial charge in [-0.15, -0.1) is 0 Å². The normalized spacial score (nSPS) is 12.1. The van der Waals surface area contributed by atoms with Crippen LogP contribution in [0.15, 0.2) is 108 Å².